The first-order valence-electron chi connectivity index (χ1n) is 8.17. The molecule has 0 atom stereocenters. The summed E-state index contributed by atoms with van der Waals surface area (Å²) >= 11 is 2.81. The van der Waals surface area contributed by atoms with Gasteiger partial charge in [-0.05, 0) is 36.4 Å². The fraction of sp³-hybridized carbons (Fsp3) is 0.0500. The highest BCUT2D eigenvalue weighted by Gasteiger charge is 2.10. The van der Waals surface area contributed by atoms with Crippen LogP contribution in [0.1, 0.15) is 0 Å². The molecule has 0 spiro atoms. The molecule has 0 unspecified atom stereocenters. The topological polar surface area (TPSA) is 54.9 Å². The van der Waals surface area contributed by atoms with Gasteiger partial charge < -0.3 is 5.32 Å². The Labute approximate surface area is 163 Å². The van der Waals surface area contributed by atoms with E-state index < -0.39 is 0 Å². The predicted octanol–water partition coefficient (Wildman–Crippen LogP) is 5.23. The number of aromatic nitrogens is 2. The van der Waals surface area contributed by atoms with Crippen molar-refractivity contribution in [3.63, 3.8) is 0 Å². The zero-order valence-electron chi connectivity index (χ0n) is 14.1. The SMILES string of the molecule is O=C(CSc1ccnc2ccccc12)Nc1nc(-c2ccc(F)cc2)cs1. The normalized spacial score (nSPS) is 10.9. The van der Waals surface area contributed by atoms with Gasteiger partial charge >= 0.3 is 0 Å². The number of anilines is 1. The second-order valence-electron chi connectivity index (χ2n) is 5.71. The summed E-state index contributed by atoms with van der Waals surface area (Å²) < 4.78 is 13.0. The Morgan fingerprint density at radius 1 is 1.11 bits per heavy atom. The minimum atomic E-state index is -0.289. The number of nitrogens with zero attached hydrogens (tertiary/aromatic N) is 2. The van der Waals surface area contributed by atoms with Crippen LogP contribution in [-0.2, 0) is 4.79 Å². The summed E-state index contributed by atoms with van der Waals surface area (Å²) in [6, 6.07) is 15.9. The van der Waals surface area contributed by atoms with E-state index in [1.165, 1.54) is 35.2 Å². The van der Waals surface area contributed by atoms with Crippen LogP contribution in [0, 0.1) is 5.82 Å². The molecular weight excluding hydrogens is 381 g/mol. The molecule has 0 saturated carbocycles. The van der Waals surface area contributed by atoms with E-state index >= 15 is 0 Å². The van der Waals surface area contributed by atoms with Gasteiger partial charge in [0.15, 0.2) is 5.13 Å². The summed E-state index contributed by atoms with van der Waals surface area (Å²) in [5, 5.41) is 6.22. The lowest BCUT2D eigenvalue weighted by atomic mass is 10.2. The van der Waals surface area contributed by atoms with Crippen LogP contribution < -0.4 is 5.32 Å². The maximum atomic E-state index is 13.0. The summed E-state index contributed by atoms with van der Waals surface area (Å²) in [5.74, 6) is -0.136. The highest BCUT2D eigenvalue weighted by molar-refractivity contribution is 8.00. The quantitative estimate of drug-likeness (QED) is 0.470. The molecule has 0 aliphatic rings. The van der Waals surface area contributed by atoms with Crippen LogP contribution in [0.3, 0.4) is 0 Å². The maximum absolute atomic E-state index is 13.0. The lowest BCUT2D eigenvalue weighted by molar-refractivity contribution is -0.113. The Morgan fingerprint density at radius 2 is 1.93 bits per heavy atom. The molecule has 2 aromatic heterocycles. The number of nitrogens with one attached hydrogen (secondary N) is 1. The van der Waals surface area contributed by atoms with Crippen molar-refractivity contribution >= 4 is 45.0 Å². The number of hydrogen-bond acceptors (Lipinski definition) is 5. The first kappa shape index (κ1) is 17.6. The van der Waals surface area contributed by atoms with Gasteiger partial charge in [0.05, 0.1) is 17.0 Å². The van der Waals surface area contributed by atoms with Gasteiger partial charge in [0.2, 0.25) is 5.91 Å². The molecule has 1 amide bonds. The number of halogens is 1. The summed E-state index contributed by atoms with van der Waals surface area (Å²) in [6.07, 6.45) is 1.75. The predicted molar refractivity (Wildman–Crippen MR) is 109 cm³/mol. The van der Waals surface area contributed by atoms with E-state index in [9.17, 15) is 9.18 Å². The first-order chi connectivity index (χ1) is 13.2. The maximum Gasteiger partial charge on any atom is 0.236 e. The van der Waals surface area contributed by atoms with E-state index in [0.717, 1.165) is 21.4 Å². The third kappa shape index (κ3) is 4.15. The number of para-hydroxylation sites is 1. The van der Waals surface area contributed by atoms with E-state index in [0.29, 0.717) is 10.8 Å². The van der Waals surface area contributed by atoms with Crippen LogP contribution in [0.4, 0.5) is 9.52 Å². The van der Waals surface area contributed by atoms with Crippen molar-refractivity contribution in [1.29, 1.82) is 0 Å². The molecule has 7 heteroatoms. The monoisotopic (exact) mass is 395 g/mol. The molecule has 0 saturated heterocycles. The number of thiazole rings is 1. The average Bonchev–Trinajstić information content (AvgIpc) is 3.15. The van der Waals surface area contributed by atoms with Crippen molar-refractivity contribution in [2.24, 2.45) is 0 Å². The summed E-state index contributed by atoms with van der Waals surface area (Å²) in [5.41, 5.74) is 2.43. The van der Waals surface area contributed by atoms with Crippen LogP contribution in [0.2, 0.25) is 0 Å². The highest BCUT2D eigenvalue weighted by atomic mass is 32.2. The number of fused-ring (bicyclic) bond motifs is 1. The van der Waals surface area contributed by atoms with Crippen molar-refractivity contribution in [3.05, 3.63) is 72.0 Å². The molecule has 2 heterocycles. The van der Waals surface area contributed by atoms with Crippen molar-refractivity contribution in [2.45, 2.75) is 4.90 Å². The van der Waals surface area contributed by atoms with Gasteiger partial charge in [-0.1, -0.05) is 18.2 Å². The lowest BCUT2D eigenvalue weighted by Gasteiger charge is -2.05. The molecule has 0 aliphatic carbocycles. The fourth-order valence-electron chi connectivity index (χ4n) is 2.58. The number of amides is 1. The number of carbonyl (C=O) groups excluding carboxylic acids is 1. The number of hydrogen-bond donors (Lipinski definition) is 1. The molecule has 134 valence electrons. The Balaban J connectivity index is 1.40. The van der Waals surface area contributed by atoms with Gasteiger partial charge in [0, 0.05) is 27.4 Å². The van der Waals surface area contributed by atoms with Crippen LogP contribution in [0.25, 0.3) is 22.2 Å². The lowest BCUT2D eigenvalue weighted by Crippen LogP contribution is -2.13. The molecule has 4 rings (SSSR count). The van der Waals surface area contributed by atoms with Crippen LogP contribution in [0.5, 0.6) is 0 Å². The van der Waals surface area contributed by atoms with Crippen molar-refractivity contribution in [1.82, 2.24) is 9.97 Å². The zero-order valence-corrected chi connectivity index (χ0v) is 15.7. The second-order valence-corrected chi connectivity index (χ2v) is 7.58. The van der Waals surface area contributed by atoms with Gasteiger partial charge in [-0.25, -0.2) is 9.37 Å². The van der Waals surface area contributed by atoms with E-state index in [4.69, 9.17) is 0 Å². The standard InChI is InChI=1S/C20H14FN3OS2/c21-14-7-5-13(6-8-14)17-11-27-20(23-17)24-19(25)12-26-18-9-10-22-16-4-2-1-3-15(16)18/h1-11H,12H2,(H,23,24,25). The van der Waals surface area contributed by atoms with E-state index in [1.54, 1.807) is 18.3 Å². The molecule has 0 radical (unpaired) electrons. The molecule has 4 aromatic rings. The molecular formula is C20H14FN3OS2. The van der Waals surface area contributed by atoms with Crippen molar-refractivity contribution < 1.29 is 9.18 Å². The van der Waals surface area contributed by atoms with Gasteiger partial charge in [-0.2, -0.15) is 0 Å². The molecule has 4 nitrogen and oxygen atoms in total. The van der Waals surface area contributed by atoms with E-state index in [-0.39, 0.29) is 17.5 Å². The molecule has 0 bridgehead atoms. The molecule has 2 aromatic carbocycles. The van der Waals surface area contributed by atoms with Gasteiger partial charge in [-0.3, -0.25) is 9.78 Å². The van der Waals surface area contributed by atoms with E-state index in [1.807, 2.05) is 35.7 Å². The Bertz CT molecular complexity index is 1090. The Morgan fingerprint density at radius 3 is 2.78 bits per heavy atom. The number of pyridine rings is 1. The van der Waals surface area contributed by atoms with Crippen LogP contribution >= 0.6 is 23.1 Å². The van der Waals surface area contributed by atoms with Gasteiger partial charge in [0.1, 0.15) is 5.82 Å². The zero-order chi connectivity index (χ0) is 18.6. The Kier molecular flexibility index (Phi) is 5.13. The van der Waals surface area contributed by atoms with Gasteiger partial charge in [0.25, 0.3) is 0 Å². The summed E-state index contributed by atoms with van der Waals surface area (Å²) in [7, 11) is 0. The minimum absolute atomic E-state index is 0.124. The molecule has 27 heavy (non-hydrogen) atoms. The third-order valence-electron chi connectivity index (χ3n) is 3.86. The van der Waals surface area contributed by atoms with Gasteiger partial charge in [-0.15, -0.1) is 23.1 Å². The third-order valence-corrected chi connectivity index (χ3v) is 5.69. The van der Waals surface area contributed by atoms with Crippen LogP contribution in [-0.4, -0.2) is 21.6 Å². The molecule has 1 N–H and O–H groups in total. The van der Waals surface area contributed by atoms with Crippen molar-refractivity contribution in [3.8, 4) is 11.3 Å². The number of benzene rings is 2. The largest absolute Gasteiger partial charge is 0.301 e. The molecule has 0 aliphatic heterocycles. The number of carbonyl (C=O) groups is 1. The van der Waals surface area contributed by atoms with Crippen molar-refractivity contribution in [2.75, 3.05) is 11.1 Å². The average molecular weight is 395 g/mol. The fourth-order valence-corrected chi connectivity index (χ4v) is 4.16. The number of thioether (sulfide) groups is 1. The number of rotatable bonds is 5. The Hall–Kier alpha value is -2.77. The first-order valence-corrected chi connectivity index (χ1v) is 10.0. The highest BCUT2D eigenvalue weighted by Crippen LogP contribution is 2.28. The molecule has 0 fully saturated rings. The smallest absolute Gasteiger partial charge is 0.236 e. The summed E-state index contributed by atoms with van der Waals surface area (Å²) in [6.45, 7) is 0. The minimum Gasteiger partial charge on any atom is -0.301 e. The second kappa shape index (κ2) is 7.85. The van der Waals surface area contributed by atoms with Crippen LogP contribution in [0.15, 0.2) is 71.1 Å². The van der Waals surface area contributed by atoms with E-state index in [2.05, 4.69) is 15.3 Å². The summed E-state index contributed by atoms with van der Waals surface area (Å²) in [4.78, 5) is 22.0.